The molecular weight excluding hydrogens is 290 g/mol. The Labute approximate surface area is 129 Å². The van der Waals surface area contributed by atoms with E-state index in [1.54, 1.807) is 13.0 Å². The van der Waals surface area contributed by atoms with Gasteiger partial charge in [0.2, 0.25) is 5.91 Å². The Morgan fingerprint density at radius 1 is 1.38 bits per heavy atom. The molecule has 0 unspecified atom stereocenters. The first-order valence-electron chi connectivity index (χ1n) is 7.28. The van der Waals surface area contributed by atoms with Crippen molar-refractivity contribution in [2.24, 2.45) is 0 Å². The van der Waals surface area contributed by atoms with Crippen molar-refractivity contribution in [2.75, 3.05) is 13.2 Å². The number of carbonyl (C=O) groups excluding carboxylic acids is 2. The summed E-state index contributed by atoms with van der Waals surface area (Å²) in [7, 11) is 0. The third kappa shape index (κ3) is 3.56. The van der Waals surface area contributed by atoms with Crippen molar-refractivity contribution in [1.29, 1.82) is 0 Å². The van der Waals surface area contributed by atoms with Gasteiger partial charge in [-0.2, -0.15) is 0 Å². The van der Waals surface area contributed by atoms with E-state index in [4.69, 9.17) is 16.3 Å². The zero-order valence-electron chi connectivity index (χ0n) is 12.2. The topological polar surface area (TPSA) is 55.4 Å². The second-order valence-corrected chi connectivity index (χ2v) is 5.69. The molecule has 1 N–H and O–H groups in total. The predicted molar refractivity (Wildman–Crippen MR) is 81.2 cm³/mol. The molecule has 1 aliphatic rings. The number of halogens is 1. The summed E-state index contributed by atoms with van der Waals surface area (Å²) in [5.41, 5.74) is 0.467. The Kier molecular flexibility index (Phi) is 5.23. The number of hydrogen-bond acceptors (Lipinski definition) is 3. The van der Waals surface area contributed by atoms with Crippen LogP contribution >= 0.6 is 11.6 Å². The van der Waals surface area contributed by atoms with Crippen molar-refractivity contribution >= 4 is 23.5 Å². The first-order chi connectivity index (χ1) is 10.1. The van der Waals surface area contributed by atoms with Gasteiger partial charge in [-0.15, -0.1) is 0 Å². The maximum Gasteiger partial charge on any atom is 0.307 e. The number of hydrogen-bond donors (Lipinski definition) is 1. The molecule has 0 radical (unpaired) electrons. The average Bonchev–Trinajstić information content (AvgIpc) is 2.38. The fraction of sp³-hybridized carbons (Fsp3) is 0.500. The summed E-state index contributed by atoms with van der Waals surface area (Å²) in [6, 6.07) is 7.46. The van der Waals surface area contributed by atoms with Crippen LogP contribution in [-0.2, 0) is 19.7 Å². The van der Waals surface area contributed by atoms with Gasteiger partial charge in [0.25, 0.3) is 0 Å². The molecule has 1 aliphatic carbocycles. The second kappa shape index (κ2) is 6.94. The summed E-state index contributed by atoms with van der Waals surface area (Å²) in [5.74, 6) is -0.316. The van der Waals surface area contributed by atoms with Crippen molar-refractivity contribution in [1.82, 2.24) is 5.32 Å². The van der Waals surface area contributed by atoms with Gasteiger partial charge < -0.3 is 10.1 Å². The largest absolute Gasteiger partial charge is 0.466 e. The molecule has 0 heterocycles. The minimum absolute atomic E-state index is 0.0275. The lowest BCUT2D eigenvalue weighted by Crippen LogP contribution is -2.49. The van der Waals surface area contributed by atoms with E-state index in [2.05, 4.69) is 5.32 Å². The highest BCUT2D eigenvalue weighted by Crippen LogP contribution is 2.44. The lowest BCUT2D eigenvalue weighted by atomic mass is 9.64. The lowest BCUT2D eigenvalue weighted by Gasteiger charge is -2.40. The zero-order chi connectivity index (χ0) is 15.3. The molecule has 0 spiro atoms. The molecule has 0 atom stereocenters. The van der Waals surface area contributed by atoms with Gasteiger partial charge in [-0.25, -0.2) is 0 Å². The highest BCUT2D eigenvalue weighted by atomic mass is 35.5. The number of nitrogens with one attached hydrogen (secondary N) is 1. The van der Waals surface area contributed by atoms with Gasteiger partial charge in [-0.05, 0) is 37.5 Å². The Morgan fingerprint density at radius 3 is 2.71 bits per heavy atom. The Morgan fingerprint density at radius 2 is 2.14 bits per heavy atom. The highest BCUT2D eigenvalue weighted by Gasteiger charge is 2.45. The minimum Gasteiger partial charge on any atom is -0.466 e. The van der Waals surface area contributed by atoms with Crippen LogP contribution in [0.25, 0.3) is 0 Å². The smallest absolute Gasteiger partial charge is 0.307 e. The van der Waals surface area contributed by atoms with Crippen LogP contribution < -0.4 is 5.32 Å². The molecule has 2 rings (SSSR count). The normalized spacial score (nSPS) is 15.9. The summed E-state index contributed by atoms with van der Waals surface area (Å²) >= 11 is 6.02. The van der Waals surface area contributed by atoms with Crippen LogP contribution in [0.5, 0.6) is 0 Å². The standard InChI is InChI=1S/C16H20ClNO3/c1-2-21-14(19)7-10-18-15(20)16(8-4-9-16)12-5-3-6-13(17)11-12/h3,5-6,11H,2,4,7-10H2,1H3,(H,18,20). The number of esters is 1. The van der Waals surface area contributed by atoms with E-state index < -0.39 is 5.41 Å². The molecule has 1 aromatic rings. The summed E-state index contributed by atoms with van der Waals surface area (Å²) in [5, 5.41) is 3.49. The maximum atomic E-state index is 12.5. The third-order valence-corrected chi connectivity index (χ3v) is 4.17. The zero-order valence-corrected chi connectivity index (χ0v) is 12.9. The van der Waals surface area contributed by atoms with Crippen molar-refractivity contribution < 1.29 is 14.3 Å². The first kappa shape index (κ1) is 15.8. The number of rotatable bonds is 6. The number of amides is 1. The van der Waals surface area contributed by atoms with Crippen LogP contribution in [0.15, 0.2) is 24.3 Å². The van der Waals surface area contributed by atoms with E-state index in [-0.39, 0.29) is 18.3 Å². The Hall–Kier alpha value is -1.55. The number of carbonyl (C=O) groups is 2. The quantitative estimate of drug-likeness (QED) is 0.822. The molecule has 1 fully saturated rings. The highest BCUT2D eigenvalue weighted by molar-refractivity contribution is 6.30. The van der Waals surface area contributed by atoms with E-state index in [1.165, 1.54) is 0 Å². The maximum absolute atomic E-state index is 12.5. The summed E-state index contributed by atoms with van der Waals surface area (Å²) in [4.78, 5) is 23.8. The molecular formula is C16H20ClNO3. The molecule has 21 heavy (non-hydrogen) atoms. The monoisotopic (exact) mass is 309 g/mol. The summed E-state index contributed by atoms with van der Waals surface area (Å²) in [6.07, 6.45) is 2.86. The van der Waals surface area contributed by atoms with Gasteiger partial charge in [-0.3, -0.25) is 9.59 Å². The molecule has 0 aliphatic heterocycles. The molecule has 0 saturated heterocycles. The van der Waals surface area contributed by atoms with Gasteiger partial charge in [0, 0.05) is 11.6 Å². The molecule has 1 saturated carbocycles. The van der Waals surface area contributed by atoms with Crippen LogP contribution in [0.3, 0.4) is 0 Å². The lowest BCUT2D eigenvalue weighted by molar-refractivity contribution is -0.143. The van der Waals surface area contributed by atoms with Crippen LogP contribution in [0.1, 0.15) is 38.2 Å². The molecule has 5 heteroatoms. The minimum atomic E-state index is -0.487. The van der Waals surface area contributed by atoms with Crippen LogP contribution in [0.2, 0.25) is 5.02 Å². The average molecular weight is 310 g/mol. The van der Waals surface area contributed by atoms with Crippen molar-refractivity contribution in [3.63, 3.8) is 0 Å². The predicted octanol–water partition coefficient (Wildman–Crippen LogP) is 2.83. The summed E-state index contributed by atoms with van der Waals surface area (Å²) in [6.45, 7) is 2.43. The van der Waals surface area contributed by atoms with Crippen molar-refractivity contribution in [3.05, 3.63) is 34.9 Å². The van der Waals surface area contributed by atoms with Gasteiger partial charge >= 0.3 is 5.97 Å². The van der Waals surface area contributed by atoms with Gasteiger partial charge in [0.15, 0.2) is 0 Å². The van der Waals surface area contributed by atoms with E-state index in [0.717, 1.165) is 24.8 Å². The van der Waals surface area contributed by atoms with Crippen molar-refractivity contribution in [2.45, 2.75) is 38.0 Å². The first-order valence-corrected chi connectivity index (χ1v) is 7.66. The SMILES string of the molecule is CCOC(=O)CCNC(=O)C1(c2cccc(Cl)c2)CCC1. The summed E-state index contributed by atoms with van der Waals surface area (Å²) < 4.78 is 4.84. The van der Waals surface area contributed by atoms with Crippen LogP contribution in [-0.4, -0.2) is 25.0 Å². The second-order valence-electron chi connectivity index (χ2n) is 5.26. The fourth-order valence-electron chi connectivity index (χ4n) is 2.64. The van der Waals surface area contributed by atoms with Gasteiger partial charge in [0.05, 0.1) is 18.4 Å². The Bertz CT molecular complexity index is 526. The number of benzene rings is 1. The van der Waals surface area contributed by atoms with E-state index in [1.807, 2.05) is 18.2 Å². The van der Waals surface area contributed by atoms with Gasteiger partial charge in [-0.1, -0.05) is 30.2 Å². The van der Waals surface area contributed by atoms with Gasteiger partial charge in [0.1, 0.15) is 0 Å². The van der Waals surface area contributed by atoms with E-state index in [0.29, 0.717) is 18.2 Å². The van der Waals surface area contributed by atoms with Crippen LogP contribution in [0.4, 0.5) is 0 Å². The fourth-order valence-corrected chi connectivity index (χ4v) is 2.83. The Balaban J connectivity index is 1.97. The molecule has 1 aromatic carbocycles. The van der Waals surface area contributed by atoms with E-state index >= 15 is 0 Å². The number of ether oxygens (including phenoxy) is 1. The molecule has 114 valence electrons. The molecule has 0 aromatic heterocycles. The van der Waals surface area contributed by atoms with Crippen LogP contribution in [0, 0.1) is 0 Å². The molecule has 0 bridgehead atoms. The third-order valence-electron chi connectivity index (χ3n) is 3.94. The van der Waals surface area contributed by atoms with E-state index in [9.17, 15) is 9.59 Å². The molecule has 1 amide bonds. The molecule has 4 nitrogen and oxygen atoms in total. The van der Waals surface area contributed by atoms with Crippen molar-refractivity contribution in [3.8, 4) is 0 Å².